The van der Waals surface area contributed by atoms with E-state index in [1.807, 2.05) is 18.2 Å². The van der Waals surface area contributed by atoms with Gasteiger partial charge in [0, 0.05) is 15.1 Å². The highest BCUT2D eigenvalue weighted by Gasteiger charge is 2.36. The Kier molecular flexibility index (Phi) is 7.00. The van der Waals surface area contributed by atoms with E-state index in [1.165, 1.54) is 7.11 Å². The van der Waals surface area contributed by atoms with E-state index in [0.717, 1.165) is 26.7 Å². The minimum absolute atomic E-state index is 0.202. The highest BCUT2D eigenvalue weighted by atomic mass is 79.9. The van der Waals surface area contributed by atoms with Crippen LogP contribution >= 0.6 is 39.3 Å². The first kappa shape index (κ1) is 21.4. The number of imide groups is 1. The van der Waals surface area contributed by atoms with Crippen LogP contribution in [-0.4, -0.2) is 35.7 Å². The van der Waals surface area contributed by atoms with E-state index in [2.05, 4.69) is 20.7 Å². The molecule has 3 rings (SSSR count). The number of amides is 2. The number of nitrogens with zero attached hydrogens (tertiary/aromatic N) is 1. The van der Waals surface area contributed by atoms with Crippen LogP contribution in [0.5, 0.6) is 5.75 Å². The molecule has 0 atom stereocenters. The summed E-state index contributed by atoms with van der Waals surface area (Å²) in [5, 5.41) is 0.117. The Labute approximate surface area is 184 Å². The molecular formula is C20H15BrClNO5S. The van der Waals surface area contributed by atoms with Crippen LogP contribution in [0.15, 0.2) is 51.8 Å². The summed E-state index contributed by atoms with van der Waals surface area (Å²) < 4.78 is 11.2. The lowest BCUT2D eigenvalue weighted by Crippen LogP contribution is -2.34. The molecule has 0 aliphatic carbocycles. The number of rotatable bonds is 6. The van der Waals surface area contributed by atoms with Crippen LogP contribution in [-0.2, 0) is 20.9 Å². The smallest absolute Gasteiger partial charge is 0.325 e. The maximum absolute atomic E-state index is 12.5. The maximum Gasteiger partial charge on any atom is 0.325 e. The molecule has 150 valence electrons. The SMILES string of the molecule is COC(=O)CN1C(=O)S/C(=C/c2cc(Br)ccc2OCc2ccc(Cl)cc2)C1=O. The third-order valence-corrected chi connectivity index (χ3v) is 5.61. The van der Waals surface area contributed by atoms with E-state index >= 15 is 0 Å². The van der Waals surface area contributed by atoms with E-state index < -0.39 is 23.7 Å². The van der Waals surface area contributed by atoms with Crippen molar-refractivity contribution in [1.82, 2.24) is 4.90 Å². The summed E-state index contributed by atoms with van der Waals surface area (Å²) in [6.45, 7) is -0.111. The molecule has 1 aliphatic heterocycles. The van der Waals surface area contributed by atoms with E-state index in [1.54, 1.807) is 30.3 Å². The second kappa shape index (κ2) is 9.47. The molecule has 0 N–H and O–H groups in total. The van der Waals surface area contributed by atoms with Crippen LogP contribution in [0.1, 0.15) is 11.1 Å². The van der Waals surface area contributed by atoms with Gasteiger partial charge in [-0.05, 0) is 53.7 Å². The van der Waals surface area contributed by atoms with Crippen LogP contribution in [0, 0.1) is 0 Å². The Morgan fingerprint density at radius 1 is 1.21 bits per heavy atom. The molecule has 1 saturated heterocycles. The number of carbonyl (C=O) groups excluding carboxylic acids is 3. The number of hydrogen-bond donors (Lipinski definition) is 0. The van der Waals surface area contributed by atoms with Gasteiger partial charge in [0.05, 0.1) is 12.0 Å². The van der Waals surface area contributed by atoms with Crippen LogP contribution < -0.4 is 4.74 Å². The Hall–Kier alpha value is -2.29. The largest absolute Gasteiger partial charge is 0.488 e. The van der Waals surface area contributed by atoms with E-state index in [4.69, 9.17) is 16.3 Å². The number of carbonyl (C=O) groups is 3. The summed E-state index contributed by atoms with van der Waals surface area (Å²) in [6, 6.07) is 12.6. The fraction of sp³-hybridized carbons (Fsp3) is 0.150. The number of benzene rings is 2. The number of hydrogen-bond acceptors (Lipinski definition) is 6. The van der Waals surface area contributed by atoms with Crippen molar-refractivity contribution in [3.63, 3.8) is 0 Å². The van der Waals surface area contributed by atoms with E-state index in [0.29, 0.717) is 22.9 Å². The van der Waals surface area contributed by atoms with E-state index in [9.17, 15) is 14.4 Å². The molecule has 2 aromatic rings. The third-order valence-electron chi connectivity index (χ3n) is 3.95. The van der Waals surface area contributed by atoms with Crippen molar-refractivity contribution in [2.24, 2.45) is 0 Å². The number of ether oxygens (including phenoxy) is 2. The second-order valence-corrected chi connectivity index (χ2v) is 8.29. The first-order valence-corrected chi connectivity index (χ1v) is 10.3. The van der Waals surface area contributed by atoms with Gasteiger partial charge in [-0.15, -0.1) is 0 Å². The van der Waals surface area contributed by atoms with Gasteiger partial charge in [0.15, 0.2) is 0 Å². The Morgan fingerprint density at radius 3 is 2.62 bits per heavy atom. The molecule has 2 amide bonds. The van der Waals surface area contributed by atoms with Gasteiger partial charge in [-0.2, -0.15) is 0 Å². The molecular weight excluding hydrogens is 482 g/mol. The van der Waals surface area contributed by atoms with E-state index in [-0.39, 0.29) is 4.91 Å². The number of methoxy groups -OCH3 is 1. The molecule has 0 aromatic heterocycles. The fourth-order valence-corrected chi connectivity index (χ4v) is 3.81. The maximum atomic E-state index is 12.5. The Bertz CT molecular complexity index is 993. The van der Waals surface area contributed by atoms with Gasteiger partial charge in [0.2, 0.25) is 0 Å². The van der Waals surface area contributed by atoms with Gasteiger partial charge in [0.1, 0.15) is 18.9 Å². The van der Waals surface area contributed by atoms with Gasteiger partial charge in [0.25, 0.3) is 11.1 Å². The number of halogens is 2. The number of thioether (sulfide) groups is 1. The summed E-state index contributed by atoms with van der Waals surface area (Å²) in [4.78, 5) is 37.1. The highest BCUT2D eigenvalue weighted by molar-refractivity contribution is 9.10. The molecule has 2 aromatic carbocycles. The summed E-state index contributed by atoms with van der Waals surface area (Å²) in [5.41, 5.74) is 1.55. The molecule has 0 bridgehead atoms. The topological polar surface area (TPSA) is 72.9 Å². The van der Waals surface area contributed by atoms with Gasteiger partial charge >= 0.3 is 5.97 Å². The quantitative estimate of drug-likeness (QED) is 0.419. The minimum Gasteiger partial charge on any atom is -0.488 e. The fourth-order valence-electron chi connectivity index (χ4n) is 2.48. The standard InChI is InChI=1S/C20H15BrClNO5S/c1-27-18(24)10-23-19(25)17(29-20(23)26)9-13-8-14(21)4-7-16(13)28-11-12-2-5-15(22)6-3-12/h2-9H,10-11H2,1H3/b17-9+. The summed E-state index contributed by atoms with van der Waals surface area (Å²) in [7, 11) is 1.20. The van der Waals surface area contributed by atoms with Crippen LogP contribution in [0.3, 0.4) is 0 Å². The van der Waals surface area contributed by atoms with Crippen LogP contribution in [0.25, 0.3) is 6.08 Å². The zero-order chi connectivity index (χ0) is 21.0. The van der Waals surface area contributed by atoms with Crippen molar-refractivity contribution < 1.29 is 23.9 Å². The Morgan fingerprint density at radius 2 is 1.93 bits per heavy atom. The first-order chi connectivity index (χ1) is 13.9. The molecule has 1 aliphatic rings. The molecule has 0 spiro atoms. The lowest BCUT2D eigenvalue weighted by atomic mass is 10.1. The van der Waals surface area contributed by atoms with Gasteiger partial charge in [-0.25, -0.2) is 0 Å². The van der Waals surface area contributed by atoms with Crippen molar-refractivity contribution in [2.75, 3.05) is 13.7 Å². The second-order valence-electron chi connectivity index (χ2n) is 5.94. The van der Waals surface area contributed by atoms with Crippen molar-refractivity contribution in [2.45, 2.75) is 6.61 Å². The predicted molar refractivity (Wildman–Crippen MR) is 115 cm³/mol. The zero-order valence-corrected chi connectivity index (χ0v) is 18.3. The van der Waals surface area contributed by atoms with Crippen molar-refractivity contribution in [3.05, 3.63) is 68.0 Å². The average Bonchev–Trinajstić information content (AvgIpc) is 2.96. The van der Waals surface area contributed by atoms with Crippen molar-refractivity contribution in [1.29, 1.82) is 0 Å². The monoisotopic (exact) mass is 495 g/mol. The third kappa shape index (κ3) is 5.41. The summed E-state index contributed by atoms with van der Waals surface area (Å²) in [6.07, 6.45) is 1.57. The molecule has 9 heteroatoms. The number of esters is 1. The normalized spacial score (nSPS) is 15.1. The van der Waals surface area contributed by atoms with Gasteiger partial charge in [-0.3, -0.25) is 19.3 Å². The first-order valence-electron chi connectivity index (χ1n) is 8.36. The molecule has 0 unspecified atom stereocenters. The summed E-state index contributed by atoms with van der Waals surface area (Å²) in [5.74, 6) is -0.667. The van der Waals surface area contributed by atoms with Crippen molar-refractivity contribution >= 4 is 62.5 Å². The van der Waals surface area contributed by atoms with Crippen LogP contribution in [0.4, 0.5) is 4.79 Å². The lowest BCUT2D eigenvalue weighted by molar-refractivity contribution is -0.143. The molecule has 0 radical (unpaired) electrons. The lowest BCUT2D eigenvalue weighted by Gasteiger charge is -2.11. The minimum atomic E-state index is -0.664. The van der Waals surface area contributed by atoms with Gasteiger partial charge in [-0.1, -0.05) is 39.7 Å². The van der Waals surface area contributed by atoms with Crippen LogP contribution in [0.2, 0.25) is 5.02 Å². The predicted octanol–water partition coefficient (Wildman–Crippen LogP) is 4.89. The molecule has 1 heterocycles. The van der Waals surface area contributed by atoms with Gasteiger partial charge < -0.3 is 9.47 Å². The zero-order valence-electron chi connectivity index (χ0n) is 15.2. The average molecular weight is 497 g/mol. The summed E-state index contributed by atoms with van der Waals surface area (Å²) >= 11 is 10.1. The Balaban J connectivity index is 1.82. The highest BCUT2D eigenvalue weighted by Crippen LogP contribution is 2.35. The van der Waals surface area contributed by atoms with Crippen molar-refractivity contribution in [3.8, 4) is 5.75 Å². The molecule has 6 nitrogen and oxygen atoms in total. The molecule has 29 heavy (non-hydrogen) atoms. The molecule has 0 saturated carbocycles. The molecule has 1 fully saturated rings.